The third kappa shape index (κ3) is 1.56. The molecule has 2 N–H and O–H groups in total. The lowest BCUT2D eigenvalue weighted by Gasteiger charge is -2.06. The van der Waals surface area contributed by atoms with Gasteiger partial charge in [0.05, 0.1) is 6.61 Å². The van der Waals surface area contributed by atoms with Crippen molar-refractivity contribution in [3.63, 3.8) is 0 Å². The van der Waals surface area contributed by atoms with E-state index in [1.54, 1.807) is 18.2 Å². The smallest absolute Gasteiger partial charge is 0.166 e. The Hall–Kier alpha value is -1.51. The molecule has 1 aromatic rings. The van der Waals surface area contributed by atoms with Gasteiger partial charge < -0.3 is 15.3 Å². The molecule has 3 heteroatoms. The van der Waals surface area contributed by atoms with Crippen molar-refractivity contribution < 1.29 is 9.84 Å². The molecule has 0 bridgehead atoms. The van der Waals surface area contributed by atoms with E-state index in [0.717, 1.165) is 6.21 Å². The molecule has 1 aromatic carbocycles. The highest BCUT2D eigenvalue weighted by atomic mass is 16.5. The third-order valence-corrected chi connectivity index (χ3v) is 1.49. The lowest BCUT2D eigenvalue weighted by molar-refractivity contribution is 0.318. The molecule has 12 heavy (non-hydrogen) atoms. The minimum atomic E-state index is 0.0364. The SMILES string of the molecule is CCOc1cccc(C=N)c1O. The van der Waals surface area contributed by atoms with E-state index in [1.165, 1.54) is 0 Å². The fraction of sp³-hybridized carbons (Fsp3) is 0.222. The number of rotatable bonds is 3. The molecule has 0 atom stereocenters. The van der Waals surface area contributed by atoms with Gasteiger partial charge in [-0.25, -0.2) is 0 Å². The van der Waals surface area contributed by atoms with Crippen LogP contribution in [0.2, 0.25) is 0 Å². The molecule has 0 unspecified atom stereocenters. The highest BCUT2D eigenvalue weighted by Crippen LogP contribution is 2.28. The summed E-state index contributed by atoms with van der Waals surface area (Å²) < 4.78 is 5.13. The minimum absolute atomic E-state index is 0.0364. The van der Waals surface area contributed by atoms with E-state index in [4.69, 9.17) is 10.1 Å². The van der Waals surface area contributed by atoms with E-state index in [2.05, 4.69) is 0 Å². The summed E-state index contributed by atoms with van der Waals surface area (Å²) in [4.78, 5) is 0. The highest BCUT2D eigenvalue weighted by Gasteiger charge is 2.04. The quantitative estimate of drug-likeness (QED) is 0.671. The molecule has 64 valence electrons. The molecule has 1 rings (SSSR count). The van der Waals surface area contributed by atoms with E-state index in [-0.39, 0.29) is 5.75 Å². The minimum Gasteiger partial charge on any atom is -0.504 e. The van der Waals surface area contributed by atoms with Gasteiger partial charge in [-0.1, -0.05) is 6.07 Å². The predicted molar refractivity (Wildman–Crippen MR) is 47.2 cm³/mol. The number of hydrogen-bond acceptors (Lipinski definition) is 3. The summed E-state index contributed by atoms with van der Waals surface area (Å²) in [5.74, 6) is 0.466. The van der Waals surface area contributed by atoms with E-state index >= 15 is 0 Å². The van der Waals surface area contributed by atoms with Gasteiger partial charge >= 0.3 is 0 Å². The van der Waals surface area contributed by atoms with E-state index in [9.17, 15) is 5.11 Å². The van der Waals surface area contributed by atoms with Gasteiger partial charge in [-0.3, -0.25) is 0 Å². The molecule has 0 aromatic heterocycles. The van der Waals surface area contributed by atoms with Crippen LogP contribution in [-0.4, -0.2) is 17.9 Å². The fourth-order valence-corrected chi connectivity index (χ4v) is 0.928. The second-order valence-electron chi connectivity index (χ2n) is 2.27. The van der Waals surface area contributed by atoms with Gasteiger partial charge in [-0.15, -0.1) is 0 Å². The van der Waals surface area contributed by atoms with Crippen LogP contribution in [0, 0.1) is 5.41 Å². The van der Waals surface area contributed by atoms with Gasteiger partial charge in [-0.2, -0.15) is 0 Å². The van der Waals surface area contributed by atoms with Crippen LogP contribution in [0.3, 0.4) is 0 Å². The lowest BCUT2D eigenvalue weighted by Crippen LogP contribution is -1.93. The topological polar surface area (TPSA) is 53.3 Å². The summed E-state index contributed by atoms with van der Waals surface area (Å²) >= 11 is 0. The average Bonchev–Trinajstić information content (AvgIpc) is 2.09. The van der Waals surface area contributed by atoms with Crippen LogP contribution in [0.25, 0.3) is 0 Å². The number of phenolic OH excluding ortho intramolecular Hbond substituents is 1. The van der Waals surface area contributed by atoms with Gasteiger partial charge in [0.1, 0.15) is 0 Å². The molecule has 0 amide bonds. The molecular weight excluding hydrogens is 154 g/mol. The lowest BCUT2D eigenvalue weighted by atomic mass is 10.2. The zero-order valence-corrected chi connectivity index (χ0v) is 6.87. The maximum absolute atomic E-state index is 9.44. The van der Waals surface area contributed by atoms with Crippen LogP contribution in [0.5, 0.6) is 11.5 Å². The monoisotopic (exact) mass is 165 g/mol. The first-order valence-corrected chi connectivity index (χ1v) is 3.74. The Bertz CT molecular complexity index is 284. The summed E-state index contributed by atoms with van der Waals surface area (Å²) in [6.45, 7) is 2.35. The number of benzene rings is 1. The van der Waals surface area contributed by atoms with Crippen LogP contribution in [0.4, 0.5) is 0 Å². The molecular formula is C9H11NO2. The van der Waals surface area contributed by atoms with Crippen molar-refractivity contribution in [2.45, 2.75) is 6.92 Å². The zero-order valence-electron chi connectivity index (χ0n) is 6.87. The largest absolute Gasteiger partial charge is 0.504 e. The van der Waals surface area contributed by atoms with Crippen molar-refractivity contribution in [3.8, 4) is 11.5 Å². The van der Waals surface area contributed by atoms with Gasteiger partial charge in [0, 0.05) is 11.8 Å². The molecule has 0 saturated carbocycles. The Morgan fingerprint density at radius 1 is 1.58 bits per heavy atom. The summed E-state index contributed by atoms with van der Waals surface area (Å²) in [6.07, 6.45) is 1.10. The van der Waals surface area contributed by atoms with Crippen LogP contribution in [-0.2, 0) is 0 Å². The first-order chi connectivity index (χ1) is 5.79. The predicted octanol–water partition coefficient (Wildman–Crippen LogP) is 1.79. The molecule has 0 fully saturated rings. The molecule has 0 saturated heterocycles. The van der Waals surface area contributed by atoms with Crippen molar-refractivity contribution >= 4 is 6.21 Å². The summed E-state index contributed by atoms with van der Waals surface area (Å²) in [6, 6.07) is 5.07. The average molecular weight is 165 g/mol. The maximum atomic E-state index is 9.44. The van der Waals surface area contributed by atoms with E-state index < -0.39 is 0 Å². The summed E-state index contributed by atoms with van der Waals surface area (Å²) in [5, 5.41) is 16.4. The first kappa shape index (κ1) is 8.59. The molecule has 0 aliphatic heterocycles. The van der Waals surface area contributed by atoms with Crippen LogP contribution < -0.4 is 4.74 Å². The Morgan fingerprint density at radius 2 is 2.33 bits per heavy atom. The Labute approximate surface area is 71.1 Å². The zero-order chi connectivity index (χ0) is 8.97. The Kier molecular flexibility index (Phi) is 2.69. The van der Waals surface area contributed by atoms with Crippen molar-refractivity contribution in [2.75, 3.05) is 6.61 Å². The van der Waals surface area contributed by atoms with E-state index in [1.807, 2.05) is 6.92 Å². The highest BCUT2D eigenvalue weighted by molar-refractivity contribution is 5.82. The molecule has 0 heterocycles. The summed E-state index contributed by atoms with van der Waals surface area (Å²) in [7, 11) is 0. The molecule has 3 nitrogen and oxygen atoms in total. The second-order valence-corrected chi connectivity index (χ2v) is 2.27. The van der Waals surface area contributed by atoms with Crippen LogP contribution >= 0.6 is 0 Å². The van der Waals surface area contributed by atoms with Crippen molar-refractivity contribution in [1.82, 2.24) is 0 Å². The number of phenols is 1. The normalized spacial score (nSPS) is 9.42. The number of hydrogen-bond donors (Lipinski definition) is 2. The van der Waals surface area contributed by atoms with Gasteiger partial charge in [0.25, 0.3) is 0 Å². The Balaban J connectivity index is 3.04. The van der Waals surface area contributed by atoms with Gasteiger partial charge in [0.2, 0.25) is 0 Å². The molecule has 0 spiro atoms. The van der Waals surface area contributed by atoms with Gasteiger partial charge in [-0.05, 0) is 19.1 Å². The number of nitrogens with one attached hydrogen (secondary N) is 1. The molecule has 0 aliphatic carbocycles. The van der Waals surface area contributed by atoms with Crippen molar-refractivity contribution in [1.29, 1.82) is 5.41 Å². The third-order valence-electron chi connectivity index (χ3n) is 1.49. The number of ether oxygens (including phenoxy) is 1. The first-order valence-electron chi connectivity index (χ1n) is 3.74. The van der Waals surface area contributed by atoms with Crippen LogP contribution in [0.15, 0.2) is 18.2 Å². The Morgan fingerprint density at radius 3 is 2.92 bits per heavy atom. The standard InChI is InChI=1S/C9H11NO2/c1-2-12-8-5-3-4-7(6-10)9(8)11/h3-6,10-11H,2H2,1H3. The van der Waals surface area contributed by atoms with E-state index in [0.29, 0.717) is 17.9 Å². The second kappa shape index (κ2) is 3.76. The fourth-order valence-electron chi connectivity index (χ4n) is 0.928. The van der Waals surface area contributed by atoms with Crippen molar-refractivity contribution in [3.05, 3.63) is 23.8 Å². The number of aromatic hydroxyl groups is 1. The maximum Gasteiger partial charge on any atom is 0.166 e. The van der Waals surface area contributed by atoms with Crippen molar-refractivity contribution in [2.24, 2.45) is 0 Å². The summed E-state index contributed by atoms with van der Waals surface area (Å²) in [5.41, 5.74) is 0.473. The van der Waals surface area contributed by atoms with Gasteiger partial charge in [0.15, 0.2) is 11.5 Å². The number of para-hydroxylation sites is 1. The molecule has 0 radical (unpaired) electrons. The molecule has 0 aliphatic rings. The van der Waals surface area contributed by atoms with Crippen LogP contribution in [0.1, 0.15) is 12.5 Å².